The summed E-state index contributed by atoms with van der Waals surface area (Å²) in [6.07, 6.45) is 3.90. The number of carbonyl (C=O) groups excluding carboxylic acids is 1. The molecule has 2 rings (SSSR count). The molecule has 18 heavy (non-hydrogen) atoms. The molecule has 0 saturated heterocycles. The lowest BCUT2D eigenvalue weighted by molar-refractivity contribution is -0.118. The van der Waals surface area contributed by atoms with Crippen molar-refractivity contribution < 1.29 is 4.79 Å². The van der Waals surface area contributed by atoms with Crippen molar-refractivity contribution in [1.29, 1.82) is 0 Å². The van der Waals surface area contributed by atoms with Crippen molar-refractivity contribution in [3.05, 3.63) is 22.8 Å². The second kappa shape index (κ2) is 5.81. The number of nitrogens with zero attached hydrogens (tertiary/aromatic N) is 3. The van der Waals surface area contributed by atoms with Crippen LogP contribution in [0.5, 0.6) is 0 Å². The van der Waals surface area contributed by atoms with Crippen LogP contribution in [0.25, 0.3) is 5.65 Å². The fourth-order valence-corrected chi connectivity index (χ4v) is 2.00. The van der Waals surface area contributed by atoms with Crippen LogP contribution >= 0.6 is 15.9 Å². The lowest BCUT2D eigenvalue weighted by Gasteiger charge is -1.99. The molecule has 0 atom stereocenters. The van der Waals surface area contributed by atoms with Gasteiger partial charge in [0.25, 0.3) is 0 Å². The van der Waals surface area contributed by atoms with Crippen LogP contribution in [0.2, 0.25) is 0 Å². The van der Waals surface area contributed by atoms with Gasteiger partial charge in [0.15, 0.2) is 5.65 Å². The molecular formula is C11H14BrN5O. The Morgan fingerprint density at radius 2 is 2.33 bits per heavy atom. The molecule has 96 valence electrons. The summed E-state index contributed by atoms with van der Waals surface area (Å²) in [6, 6.07) is 3.81. The molecule has 3 N–H and O–H groups in total. The summed E-state index contributed by atoms with van der Waals surface area (Å²) < 4.78 is 2.61. The van der Waals surface area contributed by atoms with Crippen molar-refractivity contribution in [2.45, 2.75) is 19.3 Å². The van der Waals surface area contributed by atoms with Gasteiger partial charge in [-0.1, -0.05) is 0 Å². The summed E-state index contributed by atoms with van der Waals surface area (Å²) in [5.74, 6) is 0.325. The summed E-state index contributed by atoms with van der Waals surface area (Å²) in [6.45, 7) is 0.724. The molecule has 6 nitrogen and oxygen atoms in total. The van der Waals surface area contributed by atoms with Crippen LogP contribution < -0.4 is 11.1 Å². The highest BCUT2D eigenvalue weighted by Crippen LogP contribution is 2.16. The summed E-state index contributed by atoms with van der Waals surface area (Å²) in [7, 11) is 0. The minimum atomic E-state index is -0.259. The highest BCUT2D eigenvalue weighted by atomic mass is 79.9. The second-order valence-corrected chi connectivity index (χ2v) is 4.76. The Bertz CT molecular complexity index is 553. The van der Waals surface area contributed by atoms with Crippen LogP contribution in [0.1, 0.15) is 19.3 Å². The number of pyridine rings is 1. The first-order valence-electron chi connectivity index (χ1n) is 5.70. The van der Waals surface area contributed by atoms with Gasteiger partial charge >= 0.3 is 0 Å². The van der Waals surface area contributed by atoms with E-state index in [9.17, 15) is 4.79 Å². The Hall–Kier alpha value is -1.63. The van der Waals surface area contributed by atoms with Gasteiger partial charge in [0.05, 0.1) is 4.47 Å². The monoisotopic (exact) mass is 311 g/mol. The normalized spacial score (nSPS) is 10.7. The van der Waals surface area contributed by atoms with Gasteiger partial charge in [0, 0.05) is 19.2 Å². The number of anilines is 1. The van der Waals surface area contributed by atoms with Crippen molar-refractivity contribution in [2.24, 2.45) is 5.73 Å². The van der Waals surface area contributed by atoms with Gasteiger partial charge in [0.1, 0.15) is 0 Å². The van der Waals surface area contributed by atoms with Gasteiger partial charge < -0.3 is 11.1 Å². The molecule has 0 unspecified atom stereocenters. The van der Waals surface area contributed by atoms with Gasteiger partial charge in [-0.25, -0.2) is 4.52 Å². The standard InChI is InChI=1S/C11H14BrN5O/c12-8-4-3-7-17-10(8)15-11(16-17)14-6-2-1-5-9(13)18/h3-4,7H,1-2,5-6H2,(H2,13,18)(H,14,16). The number of hydrogen-bond acceptors (Lipinski definition) is 4. The minimum absolute atomic E-state index is 0.259. The van der Waals surface area contributed by atoms with E-state index in [4.69, 9.17) is 5.73 Å². The van der Waals surface area contributed by atoms with Gasteiger partial charge in [0.2, 0.25) is 11.9 Å². The summed E-state index contributed by atoms with van der Waals surface area (Å²) in [5, 5.41) is 7.40. The van der Waals surface area contributed by atoms with Gasteiger partial charge in [-0.15, -0.1) is 5.10 Å². The van der Waals surface area contributed by atoms with E-state index in [1.807, 2.05) is 18.3 Å². The Kier molecular flexibility index (Phi) is 4.14. The van der Waals surface area contributed by atoms with Crippen LogP contribution in [0.15, 0.2) is 22.8 Å². The molecule has 1 amide bonds. The maximum atomic E-state index is 10.6. The van der Waals surface area contributed by atoms with Gasteiger partial charge in [-0.3, -0.25) is 4.79 Å². The molecule has 0 saturated carbocycles. The highest BCUT2D eigenvalue weighted by molar-refractivity contribution is 9.10. The molecule has 0 aliphatic carbocycles. The SMILES string of the molecule is NC(=O)CCCCNc1nc2c(Br)cccn2n1. The highest BCUT2D eigenvalue weighted by Gasteiger charge is 2.05. The van der Waals surface area contributed by atoms with E-state index in [1.54, 1.807) is 4.52 Å². The third-order valence-electron chi connectivity index (χ3n) is 2.45. The molecule has 2 heterocycles. The predicted octanol–water partition coefficient (Wildman–Crippen LogP) is 1.56. The lowest BCUT2D eigenvalue weighted by atomic mass is 10.2. The van der Waals surface area contributed by atoms with Crippen LogP contribution in [-0.2, 0) is 4.79 Å². The first kappa shape index (κ1) is 12.8. The minimum Gasteiger partial charge on any atom is -0.370 e. The van der Waals surface area contributed by atoms with Crippen LogP contribution in [0.4, 0.5) is 5.95 Å². The first-order chi connectivity index (χ1) is 8.66. The van der Waals surface area contributed by atoms with Crippen LogP contribution in [0, 0.1) is 0 Å². The molecule has 2 aromatic rings. The average molecular weight is 312 g/mol. The number of nitrogens with one attached hydrogen (secondary N) is 1. The van der Waals surface area contributed by atoms with Crippen molar-refractivity contribution >= 4 is 33.4 Å². The molecule has 0 aliphatic rings. The summed E-state index contributed by atoms with van der Waals surface area (Å²) in [4.78, 5) is 14.9. The quantitative estimate of drug-likeness (QED) is 0.793. The molecular weight excluding hydrogens is 298 g/mol. The van der Waals surface area contributed by atoms with E-state index in [2.05, 4.69) is 31.3 Å². The summed E-state index contributed by atoms with van der Waals surface area (Å²) >= 11 is 3.42. The molecule has 2 aromatic heterocycles. The Morgan fingerprint density at radius 1 is 1.50 bits per heavy atom. The number of primary amides is 1. The molecule has 0 radical (unpaired) electrons. The number of rotatable bonds is 6. The third kappa shape index (κ3) is 3.19. The Balaban J connectivity index is 1.88. The Labute approximate surface area is 113 Å². The predicted molar refractivity (Wildman–Crippen MR) is 72.2 cm³/mol. The van der Waals surface area contributed by atoms with Gasteiger partial charge in [-0.2, -0.15) is 4.98 Å². The fraction of sp³-hybridized carbons (Fsp3) is 0.364. The molecule has 0 bridgehead atoms. The zero-order valence-corrected chi connectivity index (χ0v) is 11.4. The third-order valence-corrected chi connectivity index (χ3v) is 3.07. The van der Waals surface area contributed by atoms with E-state index in [1.165, 1.54) is 0 Å². The van der Waals surface area contributed by atoms with E-state index in [-0.39, 0.29) is 5.91 Å². The molecule has 0 spiro atoms. The number of fused-ring (bicyclic) bond motifs is 1. The number of amides is 1. The van der Waals surface area contributed by atoms with Crippen LogP contribution in [0.3, 0.4) is 0 Å². The summed E-state index contributed by atoms with van der Waals surface area (Å²) in [5.41, 5.74) is 5.84. The number of halogens is 1. The molecule has 7 heteroatoms. The fourth-order valence-electron chi connectivity index (χ4n) is 1.57. The number of unbranched alkanes of at least 4 members (excludes halogenated alkanes) is 1. The Morgan fingerprint density at radius 3 is 3.06 bits per heavy atom. The molecule has 0 fully saturated rings. The zero-order valence-electron chi connectivity index (χ0n) is 9.77. The van der Waals surface area contributed by atoms with Crippen molar-refractivity contribution in [2.75, 3.05) is 11.9 Å². The van der Waals surface area contributed by atoms with Crippen molar-refractivity contribution in [3.8, 4) is 0 Å². The molecule has 0 aliphatic heterocycles. The lowest BCUT2D eigenvalue weighted by Crippen LogP contribution is -2.11. The van der Waals surface area contributed by atoms with E-state index >= 15 is 0 Å². The smallest absolute Gasteiger partial charge is 0.243 e. The van der Waals surface area contributed by atoms with E-state index in [0.29, 0.717) is 12.4 Å². The largest absolute Gasteiger partial charge is 0.370 e. The zero-order chi connectivity index (χ0) is 13.0. The van der Waals surface area contributed by atoms with Crippen molar-refractivity contribution in [1.82, 2.24) is 14.6 Å². The average Bonchev–Trinajstić information content (AvgIpc) is 2.72. The number of carbonyl (C=O) groups is 1. The number of aromatic nitrogens is 3. The van der Waals surface area contributed by atoms with Crippen molar-refractivity contribution in [3.63, 3.8) is 0 Å². The topological polar surface area (TPSA) is 85.3 Å². The second-order valence-electron chi connectivity index (χ2n) is 3.91. The maximum Gasteiger partial charge on any atom is 0.243 e. The molecule has 0 aromatic carbocycles. The van der Waals surface area contributed by atoms with Crippen LogP contribution in [-0.4, -0.2) is 27.0 Å². The maximum absolute atomic E-state index is 10.6. The number of hydrogen-bond donors (Lipinski definition) is 2. The number of nitrogens with two attached hydrogens (primary N) is 1. The van der Waals surface area contributed by atoms with E-state index < -0.39 is 0 Å². The first-order valence-corrected chi connectivity index (χ1v) is 6.49. The van der Waals surface area contributed by atoms with E-state index in [0.717, 1.165) is 29.5 Å². The van der Waals surface area contributed by atoms with Gasteiger partial charge in [-0.05, 0) is 40.9 Å².